The molecule has 2 aliphatic rings. The molecule has 0 unspecified atom stereocenters. The minimum absolute atomic E-state index is 0. The van der Waals surface area contributed by atoms with Crippen LogP contribution in [0.15, 0.2) is 60.8 Å². The molecule has 1 aromatic heterocycles. The quantitative estimate of drug-likeness (QED) is 0.424. The molecule has 146 valence electrons. The van der Waals surface area contributed by atoms with Crippen molar-refractivity contribution in [3.63, 3.8) is 0 Å². The van der Waals surface area contributed by atoms with Crippen molar-refractivity contribution in [3.8, 4) is 16.9 Å². The molecule has 3 aromatic rings. The van der Waals surface area contributed by atoms with E-state index >= 15 is 0 Å². The van der Waals surface area contributed by atoms with Gasteiger partial charge in [0.05, 0.1) is 11.3 Å². The number of para-hydroxylation sites is 1. The number of nitrogens with zero attached hydrogens (tertiary/aromatic N) is 2. The average Bonchev–Trinajstić information content (AvgIpc) is 3.57. The number of carbonyl (C=O) groups is 1. The van der Waals surface area contributed by atoms with Crippen molar-refractivity contribution in [3.05, 3.63) is 136 Å². The SMILES string of the molecule is O=Cc1cn(-c2ccccc2)nc1-c1cccc([C]2[CH][CH][CH][CH]2)c1.[CH]1[CH][CH][CH][CH]1.[Fe+2]. The predicted octanol–water partition coefficient (Wildman–Crippen LogP) is 5.12. The normalized spacial score (nSPS) is 15.9. The van der Waals surface area contributed by atoms with Gasteiger partial charge in [0.1, 0.15) is 5.69 Å². The van der Waals surface area contributed by atoms with Crippen LogP contribution in [-0.2, 0) is 17.1 Å². The van der Waals surface area contributed by atoms with Crippen molar-refractivity contribution >= 4 is 6.29 Å². The van der Waals surface area contributed by atoms with Crippen LogP contribution in [0.5, 0.6) is 0 Å². The fraction of sp³-hybridized carbons (Fsp3) is 0. The van der Waals surface area contributed by atoms with Crippen LogP contribution in [0.4, 0.5) is 0 Å². The van der Waals surface area contributed by atoms with Crippen LogP contribution < -0.4 is 0 Å². The monoisotopic (exact) mass is 432 g/mol. The molecule has 0 aliphatic heterocycles. The molecule has 2 saturated carbocycles. The van der Waals surface area contributed by atoms with E-state index in [1.165, 1.54) is 0 Å². The van der Waals surface area contributed by atoms with E-state index in [-0.39, 0.29) is 17.1 Å². The van der Waals surface area contributed by atoms with Crippen LogP contribution >= 0.6 is 0 Å². The second kappa shape index (κ2) is 11.3. The first-order chi connectivity index (χ1) is 14.3. The van der Waals surface area contributed by atoms with Crippen molar-refractivity contribution in [2.45, 2.75) is 0 Å². The Labute approximate surface area is 190 Å². The van der Waals surface area contributed by atoms with E-state index in [0.29, 0.717) is 11.3 Å². The molecule has 3 nitrogen and oxygen atoms in total. The second-order valence-corrected chi connectivity index (χ2v) is 6.55. The predicted molar refractivity (Wildman–Crippen MR) is 115 cm³/mol. The van der Waals surface area contributed by atoms with E-state index in [2.05, 4.69) is 30.1 Å². The zero-order valence-corrected chi connectivity index (χ0v) is 17.3. The number of aromatic nitrogens is 2. The van der Waals surface area contributed by atoms with Crippen LogP contribution in [0, 0.1) is 63.7 Å². The summed E-state index contributed by atoms with van der Waals surface area (Å²) in [7, 11) is 0. The summed E-state index contributed by atoms with van der Waals surface area (Å²) in [5.41, 5.74) is 4.26. The minimum atomic E-state index is 0. The van der Waals surface area contributed by atoms with Crippen LogP contribution in [0.3, 0.4) is 0 Å². The molecule has 5 rings (SSSR count). The summed E-state index contributed by atoms with van der Waals surface area (Å²) in [5, 5.41) is 4.63. The molecule has 1 heterocycles. The molecule has 0 amide bonds. The molecule has 0 saturated heterocycles. The number of aldehydes is 1. The molecule has 2 fully saturated rings. The molecule has 10 radical (unpaired) electrons. The summed E-state index contributed by atoms with van der Waals surface area (Å²) in [6, 6.07) is 17.9. The maximum atomic E-state index is 11.5. The van der Waals surface area contributed by atoms with E-state index in [9.17, 15) is 4.79 Å². The smallest absolute Gasteiger partial charge is 0.298 e. The van der Waals surface area contributed by atoms with Crippen LogP contribution in [0.2, 0.25) is 0 Å². The Morgan fingerprint density at radius 1 is 0.733 bits per heavy atom. The Morgan fingerprint density at radius 2 is 1.37 bits per heavy atom. The van der Waals surface area contributed by atoms with Gasteiger partial charge in [-0.3, -0.25) is 4.79 Å². The first-order valence-electron chi connectivity index (χ1n) is 9.44. The van der Waals surface area contributed by atoms with Crippen LogP contribution in [-0.4, -0.2) is 16.1 Å². The fourth-order valence-electron chi connectivity index (χ4n) is 3.14. The first kappa shape index (κ1) is 22.5. The molecular formula is C26H20FeN2O+2. The van der Waals surface area contributed by atoms with E-state index in [4.69, 9.17) is 0 Å². The number of rotatable bonds is 4. The van der Waals surface area contributed by atoms with Crippen molar-refractivity contribution in [2.75, 3.05) is 0 Å². The third kappa shape index (κ3) is 5.50. The van der Waals surface area contributed by atoms with Crippen LogP contribution in [0.1, 0.15) is 15.9 Å². The summed E-state index contributed by atoms with van der Waals surface area (Å²) >= 11 is 0. The topological polar surface area (TPSA) is 34.9 Å². The standard InChI is InChI=1S/C21H15N2O.C5H5.Fe/c24-15-19-14-23(20-11-2-1-3-12-20)22-21(19)18-10-6-9-17(13-18)16-7-4-5-8-16;1-2-4-5-3-1;/h1-15H;1-5H;/q;;+2. The van der Waals surface area contributed by atoms with Crippen molar-refractivity contribution < 1.29 is 21.9 Å². The van der Waals surface area contributed by atoms with Crippen LogP contribution in [0.25, 0.3) is 16.9 Å². The summed E-state index contributed by atoms with van der Waals surface area (Å²) in [6.45, 7) is 0. The summed E-state index contributed by atoms with van der Waals surface area (Å²) in [4.78, 5) is 11.5. The largest absolute Gasteiger partial charge is 2.00 e. The Balaban J connectivity index is 0.000000376. The van der Waals surface area contributed by atoms with Gasteiger partial charge in [-0.1, -0.05) is 36.4 Å². The average molecular weight is 432 g/mol. The molecule has 4 heteroatoms. The van der Waals surface area contributed by atoms with Gasteiger partial charge in [-0.2, -0.15) is 5.10 Å². The maximum Gasteiger partial charge on any atom is 2.00 e. The van der Waals surface area contributed by atoms with Gasteiger partial charge >= 0.3 is 17.1 Å². The van der Waals surface area contributed by atoms with Gasteiger partial charge in [-0.15, -0.1) is 0 Å². The summed E-state index contributed by atoms with van der Waals surface area (Å²) in [6.07, 6.45) is 20.8. The van der Waals surface area contributed by atoms with Gasteiger partial charge in [0.15, 0.2) is 6.29 Å². The number of carbonyl (C=O) groups excluding carboxylic acids is 1. The van der Waals surface area contributed by atoms with Crippen molar-refractivity contribution in [1.82, 2.24) is 9.78 Å². The summed E-state index contributed by atoms with van der Waals surface area (Å²) in [5.74, 6) is 1.16. The van der Waals surface area contributed by atoms with E-state index < -0.39 is 0 Å². The fourth-order valence-corrected chi connectivity index (χ4v) is 3.14. The van der Waals surface area contributed by atoms with E-state index in [1.54, 1.807) is 10.9 Å². The van der Waals surface area contributed by atoms with Gasteiger partial charge in [0.25, 0.3) is 0 Å². The first-order valence-corrected chi connectivity index (χ1v) is 9.44. The molecule has 0 N–H and O–H groups in total. The van der Waals surface area contributed by atoms with Gasteiger partial charge in [0.2, 0.25) is 0 Å². The second-order valence-electron chi connectivity index (χ2n) is 6.55. The van der Waals surface area contributed by atoms with Gasteiger partial charge in [-0.05, 0) is 81.5 Å². The third-order valence-electron chi connectivity index (χ3n) is 4.58. The molecule has 0 atom stereocenters. The zero-order chi connectivity index (χ0) is 19.9. The Kier molecular flexibility index (Phi) is 8.48. The van der Waals surface area contributed by atoms with Gasteiger partial charge < -0.3 is 0 Å². The maximum absolute atomic E-state index is 11.5. The van der Waals surface area contributed by atoms with Gasteiger partial charge in [-0.25, -0.2) is 4.68 Å². The minimum Gasteiger partial charge on any atom is -0.298 e. The van der Waals surface area contributed by atoms with Crippen molar-refractivity contribution in [1.29, 1.82) is 0 Å². The molecule has 2 aliphatic carbocycles. The van der Waals surface area contributed by atoms with E-state index in [1.807, 2.05) is 87.4 Å². The van der Waals surface area contributed by atoms with Gasteiger partial charge in [0, 0.05) is 17.7 Å². The molecule has 0 spiro atoms. The number of benzene rings is 2. The number of hydrogen-bond acceptors (Lipinski definition) is 2. The summed E-state index contributed by atoms with van der Waals surface area (Å²) < 4.78 is 1.74. The number of hydrogen-bond donors (Lipinski definition) is 0. The third-order valence-corrected chi connectivity index (χ3v) is 4.58. The Bertz CT molecular complexity index is 918. The van der Waals surface area contributed by atoms with E-state index in [0.717, 1.165) is 29.0 Å². The molecule has 2 aromatic carbocycles. The molecule has 30 heavy (non-hydrogen) atoms. The molecular weight excluding hydrogens is 412 g/mol. The Morgan fingerprint density at radius 3 is 2.00 bits per heavy atom. The van der Waals surface area contributed by atoms with Crippen molar-refractivity contribution in [2.24, 2.45) is 0 Å². The zero-order valence-electron chi connectivity index (χ0n) is 16.2. The molecule has 0 bridgehead atoms. The Hall–Kier alpha value is -2.16.